The molecule has 1 rings (SSSR count). The summed E-state index contributed by atoms with van der Waals surface area (Å²) in [6.07, 6.45) is 1.63. The van der Waals surface area contributed by atoms with Gasteiger partial charge in [0.2, 0.25) is 0 Å². The van der Waals surface area contributed by atoms with Gasteiger partial charge in [0.15, 0.2) is 0 Å². The number of amides is 1. The predicted molar refractivity (Wildman–Crippen MR) is 53.2 cm³/mol. The molecule has 0 aliphatic rings. The lowest BCUT2D eigenvalue weighted by molar-refractivity contribution is 0.0559. The first kappa shape index (κ1) is 11.0. The smallest absolute Gasteiger partial charge is 0.268 e. The van der Waals surface area contributed by atoms with Gasteiger partial charge in [0.25, 0.3) is 0 Å². The second kappa shape index (κ2) is 5.62. The van der Waals surface area contributed by atoms with Crippen molar-refractivity contribution in [1.29, 1.82) is 0 Å². The molecule has 14 heavy (non-hydrogen) atoms. The number of hydroxylamine groups is 1. The van der Waals surface area contributed by atoms with Crippen LogP contribution >= 0.6 is 11.8 Å². The molecule has 0 saturated carbocycles. The van der Waals surface area contributed by atoms with Gasteiger partial charge in [0, 0.05) is 5.56 Å². The van der Waals surface area contributed by atoms with Gasteiger partial charge in [0.05, 0.1) is 0 Å². The Bertz CT molecular complexity index is 319. The van der Waals surface area contributed by atoms with Crippen LogP contribution in [0.15, 0.2) is 24.3 Å². The summed E-state index contributed by atoms with van der Waals surface area (Å²) in [4.78, 5) is 15.5. The Morgan fingerprint density at radius 3 is 2.93 bits per heavy atom. The molecule has 0 saturated heterocycles. The quantitative estimate of drug-likeness (QED) is 0.786. The van der Waals surface area contributed by atoms with Gasteiger partial charge in [0.1, 0.15) is 12.4 Å². The van der Waals surface area contributed by atoms with Crippen molar-refractivity contribution < 1.29 is 14.0 Å². The minimum Gasteiger partial charge on any atom is -0.268 e. The molecule has 0 radical (unpaired) electrons. The molecule has 76 valence electrons. The van der Waals surface area contributed by atoms with E-state index in [1.165, 1.54) is 6.07 Å². The fraction of sp³-hybridized carbons (Fsp3) is 0.222. The summed E-state index contributed by atoms with van der Waals surface area (Å²) in [7, 11) is 0. The third kappa shape index (κ3) is 3.35. The molecule has 0 aliphatic carbocycles. The molecule has 5 heteroatoms. The topological polar surface area (TPSA) is 38.3 Å². The third-order valence-electron chi connectivity index (χ3n) is 1.53. The molecule has 0 bridgehead atoms. The standard InChI is InChI=1S/C9H10FNO2S/c1-14-9(12)11-13-6-7-4-2-3-5-8(7)10/h2-5H,6H2,1H3,(H,11,12). The zero-order chi connectivity index (χ0) is 10.4. The van der Waals surface area contributed by atoms with Crippen LogP contribution in [0.5, 0.6) is 0 Å². The van der Waals surface area contributed by atoms with Gasteiger partial charge in [-0.2, -0.15) is 0 Å². The fourth-order valence-electron chi connectivity index (χ4n) is 0.830. The van der Waals surface area contributed by atoms with Gasteiger partial charge in [-0.25, -0.2) is 9.87 Å². The molecule has 0 spiro atoms. The van der Waals surface area contributed by atoms with Crippen molar-refractivity contribution in [2.75, 3.05) is 6.26 Å². The molecule has 0 fully saturated rings. The molecule has 0 heterocycles. The molecule has 0 aliphatic heterocycles. The zero-order valence-electron chi connectivity index (χ0n) is 7.62. The van der Waals surface area contributed by atoms with Crippen molar-refractivity contribution >= 4 is 17.0 Å². The molecule has 1 N–H and O–H groups in total. The van der Waals surface area contributed by atoms with E-state index in [1.54, 1.807) is 24.5 Å². The van der Waals surface area contributed by atoms with E-state index in [2.05, 4.69) is 5.48 Å². The van der Waals surface area contributed by atoms with E-state index in [0.717, 1.165) is 11.8 Å². The van der Waals surface area contributed by atoms with Crippen LogP contribution in [0.2, 0.25) is 0 Å². The number of benzene rings is 1. The molecule has 0 atom stereocenters. The van der Waals surface area contributed by atoms with E-state index < -0.39 is 0 Å². The first-order valence-corrected chi connectivity index (χ1v) is 5.15. The monoisotopic (exact) mass is 215 g/mol. The van der Waals surface area contributed by atoms with Crippen LogP contribution in [0.25, 0.3) is 0 Å². The predicted octanol–water partition coefficient (Wildman–Crippen LogP) is 2.33. The van der Waals surface area contributed by atoms with Crippen molar-refractivity contribution in [2.45, 2.75) is 6.61 Å². The van der Waals surface area contributed by atoms with E-state index in [1.807, 2.05) is 0 Å². The Balaban J connectivity index is 2.39. The van der Waals surface area contributed by atoms with E-state index in [9.17, 15) is 9.18 Å². The van der Waals surface area contributed by atoms with E-state index >= 15 is 0 Å². The van der Waals surface area contributed by atoms with Crippen molar-refractivity contribution in [2.24, 2.45) is 0 Å². The summed E-state index contributed by atoms with van der Waals surface area (Å²) in [5, 5.41) is -0.304. The molecule has 3 nitrogen and oxygen atoms in total. The van der Waals surface area contributed by atoms with Gasteiger partial charge < -0.3 is 0 Å². The van der Waals surface area contributed by atoms with Gasteiger partial charge in [-0.3, -0.25) is 9.63 Å². The highest BCUT2D eigenvalue weighted by atomic mass is 32.2. The van der Waals surface area contributed by atoms with Crippen molar-refractivity contribution in [3.8, 4) is 0 Å². The average molecular weight is 215 g/mol. The minimum atomic E-state index is -0.342. The Morgan fingerprint density at radius 2 is 2.29 bits per heavy atom. The maximum atomic E-state index is 13.0. The van der Waals surface area contributed by atoms with Gasteiger partial charge in [-0.05, 0) is 12.3 Å². The van der Waals surface area contributed by atoms with Crippen LogP contribution in [-0.2, 0) is 11.4 Å². The molecular weight excluding hydrogens is 205 g/mol. The van der Waals surface area contributed by atoms with E-state index in [-0.39, 0.29) is 17.7 Å². The van der Waals surface area contributed by atoms with Crippen LogP contribution in [0.4, 0.5) is 9.18 Å². The molecule has 0 aromatic heterocycles. The largest absolute Gasteiger partial charge is 0.302 e. The fourth-order valence-corrected chi connectivity index (χ4v) is 0.972. The molecule has 0 unspecified atom stereocenters. The normalized spacial score (nSPS) is 9.86. The number of rotatable bonds is 3. The highest BCUT2D eigenvalue weighted by Crippen LogP contribution is 2.06. The van der Waals surface area contributed by atoms with E-state index in [0.29, 0.717) is 5.56 Å². The second-order valence-corrected chi connectivity index (χ2v) is 3.25. The Hall–Kier alpha value is -1.07. The van der Waals surface area contributed by atoms with Crippen molar-refractivity contribution in [1.82, 2.24) is 5.48 Å². The summed E-state index contributed by atoms with van der Waals surface area (Å²) in [6, 6.07) is 6.24. The van der Waals surface area contributed by atoms with Crippen molar-refractivity contribution in [3.63, 3.8) is 0 Å². The highest BCUT2D eigenvalue weighted by Gasteiger charge is 2.01. The van der Waals surface area contributed by atoms with Crippen LogP contribution in [0, 0.1) is 5.82 Å². The lowest BCUT2D eigenvalue weighted by atomic mass is 10.2. The van der Waals surface area contributed by atoms with Gasteiger partial charge >= 0.3 is 5.24 Å². The van der Waals surface area contributed by atoms with Gasteiger partial charge in [-0.1, -0.05) is 30.0 Å². The molecule has 1 aromatic carbocycles. The number of nitrogens with one attached hydrogen (secondary N) is 1. The van der Waals surface area contributed by atoms with Crippen LogP contribution in [0.3, 0.4) is 0 Å². The van der Waals surface area contributed by atoms with Crippen LogP contribution in [0.1, 0.15) is 5.56 Å². The second-order valence-electron chi connectivity index (χ2n) is 2.47. The average Bonchev–Trinajstić information content (AvgIpc) is 2.20. The summed E-state index contributed by atoms with van der Waals surface area (Å²) in [5.41, 5.74) is 2.58. The highest BCUT2D eigenvalue weighted by molar-refractivity contribution is 8.12. The zero-order valence-corrected chi connectivity index (χ0v) is 8.44. The number of hydrogen-bond donors (Lipinski definition) is 1. The molecular formula is C9H10FNO2S. The third-order valence-corrected chi connectivity index (χ3v) is 1.98. The lowest BCUT2D eigenvalue weighted by Gasteiger charge is -2.04. The Morgan fingerprint density at radius 1 is 1.57 bits per heavy atom. The van der Waals surface area contributed by atoms with Crippen molar-refractivity contribution in [3.05, 3.63) is 35.6 Å². The summed E-state index contributed by atoms with van der Waals surface area (Å²) in [5.74, 6) is -0.342. The summed E-state index contributed by atoms with van der Waals surface area (Å²) in [6.45, 7) is 0.0268. The first-order chi connectivity index (χ1) is 6.74. The Kier molecular flexibility index (Phi) is 4.42. The summed E-state index contributed by atoms with van der Waals surface area (Å²) < 4.78 is 13.0. The van der Waals surface area contributed by atoms with E-state index in [4.69, 9.17) is 4.84 Å². The maximum Gasteiger partial charge on any atom is 0.302 e. The molecule has 1 aromatic rings. The van der Waals surface area contributed by atoms with Crippen LogP contribution < -0.4 is 5.48 Å². The number of thioether (sulfide) groups is 1. The number of halogens is 1. The summed E-state index contributed by atoms with van der Waals surface area (Å²) >= 11 is 0.995. The lowest BCUT2D eigenvalue weighted by Crippen LogP contribution is -2.18. The number of carbonyl (C=O) groups excluding carboxylic acids is 1. The SMILES string of the molecule is CSC(=O)NOCc1ccccc1F. The van der Waals surface area contributed by atoms with Crippen LogP contribution in [-0.4, -0.2) is 11.5 Å². The minimum absolute atomic E-state index is 0.0268. The first-order valence-electron chi connectivity index (χ1n) is 3.93. The number of carbonyl (C=O) groups is 1. The maximum absolute atomic E-state index is 13.0. The Labute approximate surface area is 85.6 Å². The number of hydrogen-bond acceptors (Lipinski definition) is 3. The van der Waals surface area contributed by atoms with Gasteiger partial charge in [-0.15, -0.1) is 0 Å². The molecule has 1 amide bonds.